The lowest BCUT2D eigenvalue weighted by Gasteiger charge is -2.38. The molecule has 36 heavy (non-hydrogen) atoms. The molecule has 0 bridgehead atoms. The number of amides is 2. The number of rotatable bonds is 4. The van der Waals surface area contributed by atoms with Gasteiger partial charge in [0, 0.05) is 38.8 Å². The molecule has 0 spiro atoms. The summed E-state index contributed by atoms with van der Waals surface area (Å²) in [4.78, 5) is 41.6. The molecule has 1 atom stereocenters. The Morgan fingerprint density at radius 3 is 2.28 bits per heavy atom. The minimum Gasteiger partial charge on any atom is -0.444 e. The molecule has 4 heterocycles. The van der Waals surface area contributed by atoms with Crippen molar-refractivity contribution in [1.29, 1.82) is 0 Å². The lowest BCUT2D eigenvalue weighted by atomic mass is 10.1. The number of nitrogens with zero attached hydrogens (tertiary/aromatic N) is 7. The highest BCUT2D eigenvalue weighted by atomic mass is 19.4. The van der Waals surface area contributed by atoms with Crippen molar-refractivity contribution < 1.29 is 32.0 Å². The molecule has 11 nitrogen and oxygen atoms in total. The zero-order valence-electron chi connectivity index (χ0n) is 20.5. The van der Waals surface area contributed by atoms with Crippen molar-refractivity contribution >= 4 is 17.9 Å². The molecule has 0 aromatic carbocycles. The van der Waals surface area contributed by atoms with Crippen LogP contribution in [0.4, 0.5) is 23.9 Å². The summed E-state index contributed by atoms with van der Waals surface area (Å²) < 4.78 is 50.8. The molecule has 2 aliphatic heterocycles. The number of carbonyl (C=O) groups is 2. The number of hydrogen-bond acceptors (Lipinski definition) is 9. The van der Waals surface area contributed by atoms with Gasteiger partial charge in [-0.2, -0.15) is 18.2 Å². The zero-order valence-corrected chi connectivity index (χ0v) is 20.5. The van der Waals surface area contributed by atoms with E-state index in [0.717, 1.165) is 12.5 Å². The molecule has 4 rings (SSSR count). The van der Waals surface area contributed by atoms with Crippen molar-refractivity contribution in [1.82, 2.24) is 29.9 Å². The van der Waals surface area contributed by atoms with Gasteiger partial charge in [0.25, 0.3) is 0 Å². The largest absolute Gasteiger partial charge is 0.444 e. The Morgan fingerprint density at radius 2 is 1.72 bits per heavy atom. The van der Waals surface area contributed by atoms with Crippen molar-refractivity contribution in [3.63, 3.8) is 0 Å². The second-order valence-corrected chi connectivity index (χ2v) is 9.80. The molecular formula is C22H28F3N7O4. The van der Waals surface area contributed by atoms with Gasteiger partial charge in [-0.15, -0.1) is 0 Å². The third-order valence-electron chi connectivity index (χ3n) is 5.87. The average Bonchev–Trinajstić information content (AvgIpc) is 3.24. The van der Waals surface area contributed by atoms with E-state index in [2.05, 4.69) is 20.1 Å². The SMILES string of the molecule is C[C@H]1CCN1c1nc(-c2noc(CC(=O)N3CCN(C(=O)OC(C)(C)C)CC3)n2)cc(C(F)(F)F)n1. The second-order valence-electron chi connectivity index (χ2n) is 9.80. The predicted octanol–water partition coefficient (Wildman–Crippen LogP) is 2.77. The van der Waals surface area contributed by atoms with Crippen LogP contribution in [0.3, 0.4) is 0 Å². The third kappa shape index (κ3) is 5.85. The quantitative estimate of drug-likeness (QED) is 0.611. The van der Waals surface area contributed by atoms with Crippen molar-refractivity contribution in [2.45, 2.75) is 58.4 Å². The first-order valence-electron chi connectivity index (χ1n) is 11.6. The van der Waals surface area contributed by atoms with Crippen LogP contribution in [0, 0.1) is 0 Å². The summed E-state index contributed by atoms with van der Waals surface area (Å²) in [6, 6.07) is 0.788. The highest BCUT2D eigenvalue weighted by molar-refractivity contribution is 5.78. The number of carbonyl (C=O) groups excluding carboxylic acids is 2. The van der Waals surface area contributed by atoms with Crippen molar-refractivity contribution in [2.24, 2.45) is 0 Å². The minimum absolute atomic E-state index is 0.0237. The third-order valence-corrected chi connectivity index (χ3v) is 5.87. The van der Waals surface area contributed by atoms with Gasteiger partial charge in [0.2, 0.25) is 23.6 Å². The van der Waals surface area contributed by atoms with Gasteiger partial charge in [0.15, 0.2) is 5.69 Å². The summed E-state index contributed by atoms with van der Waals surface area (Å²) in [6.45, 7) is 8.99. The molecule has 0 aliphatic carbocycles. The second kappa shape index (κ2) is 9.54. The van der Waals surface area contributed by atoms with E-state index in [9.17, 15) is 22.8 Å². The first kappa shape index (κ1) is 25.6. The molecular weight excluding hydrogens is 483 g/mol. The first-order valence-corrected chi connectivity index (χ1v) is 11.6. The van der Waals surface area contributed by atoms with Gasteiger partial charge < -0.3 is 24.0 Å². The van der Waals surface area contributed by atoms with Gasteiger partial charge >= 0.3 is 12.3 Å². The van der Waals surface area contributed by atoms with Crippen LogP contribution >= 0.6 is 0 Å². The van der Waals surface area contributed by atoms with Gasteiger partial charge in [0.05, 0.1) is 0 Å². The average molecular weight is 512 g/mol. The lowest BCUT2D eigenvalue weighted by Crippen LogP contribution is -2.52. The van der Waals surface area contributed by atoms with E-state index in [0.29, 0.717) is 32.7 Å². The van der Waals surface area contributed by atoms with E-state index >= 15 is 0 Å². The molecule has 0 N–H and O–H groups in total. The van der Waals surface area contributed by atoms with E-state index < -0.39 is 23.6 Å². The molecule has 2 aliphatic rings. The standard InChI is InChI=1S/C22H28F3N7O4/c1-13-5-6-32(13)19-26-14(11-15(27-19)22(23,24)25)18-28-16(36-29-18)12-17(33)30-7-9-31(10-8-30)20(34)35-21(2,3)4/h11,13H,5-10,12H2,1-4H3/t13-/m0/s1. The number of halogens is 3. The van der Waals surface area contributed by atoms with Crippen LogP contribution in [-0.2, 0) is 22.1 Å². The van der Waals surface area contributed by atoms with Gasteiger partial charge in [-0.25, -0.2) is 14.8 Å². The van der Waals surface area contributed by atoms with Crippen LogP contribution in [0.15, 0.2) is 10.6 Å². The van der Waals surface area contributed by atoms with Gasteiger partial charge in [-0.05, 0) is 40.2 Å². The van der Waals surface area contributed by atoms with E-state index in [4.69, 9.17) is 9.26 Å². The first-order chi connectivity index (χ1) is 16.8. The highest BCUT2D eigenvalue weighted by Gasteiger charge is 2.36. The van der Waals surface area contributed by atoms with Crippen molar-refractivity contribution in [2.75, 3.05) is 37.6 Å². The molecule has 196 valence electrons. The summed E-state index contributed by atoms with van der Waals surface area (Å²) >= 11 is 0. The highest BCUT2D eigenvalue weighted by Crippen LogP contribution is 2.33. The fourth-order valence-electron chi connectivity index (χ4n) is 3.77. The van der Waals surface area contributed by atoms with Crippen molar-refractivity contribution in [3.8, 4) is 11.5 Å². The maximum Gasteiger partial charge on any atom is 0.433 e. The minimum atomic E-state index is -4.68. The Morgan fingerprint density at radius 1 is 1.06 bits per heavy atom. The molecule has 0 unspecified atom stereocenters. The number of piperazine rings is 1. The zero-order chi connectivity index (χ0) is 26.3. The molecule has 2 fully saturated rings. The molecule has 2 aromatic heterocycles. The number of aromatic nitrogens is 4. The maximum absolute atomic E-state index is 13.4. The van der Waals surface area contributed by atoms with Crippen molar-refractivity contribution in [3.05, 3.63) is 17.7 Å². The molecule has 2 saturated heterocycles. The number of alkyl halides is 3. The summed E-state index contributed by atoms with van der Waals surface area (Å²) in [5.41, 5.74) is -1.86. The molecule has 0 saturated carbocycles. The van der Waals surface area contributed by atoms with Crippen LogP contribution in [-0.4, -0.2) is 86.3 Å². The Hall–Kier alpha value is -3.45. The molecule has 0 radical (unpaired) electrons. The summed E-state index contributed by atoms with van der Waals surface area (Å²) in [6.07, 6.45) is -4.52. The fourth-order valence-corrected chi connectivity index (χ4v) is 3.77. The fraction of sp³-hybridized carbons (Fsp3) is 0.636. The maximum atomic E-state index is 13.4. The van der Waals surface area contributed by atoms with Crippen LogP contribution in [0.5, 0.6) is 0 Å². The molecule has 2 amide bonds. The molecule has 14 heteroatoms. The number of ether oxygens (including phenoxy) is 1. The Labute approximate surface area is 205 Å². The normalized spacial score (nSPS) is 18.8. The van der Waals surface area contributed by atoms with Crippen LogP contribution in [0.2, 0.25) is 0 Å². The Balaban J connectivity index is 1.41. The van der Waals surface area contributed by atoms with E-state index in [-0.39, 0.29) is 41.7 Å². The lowest BCUT2D eigenvalue weighted by molar-refractivity contribution is -0.141. The van der Waals surface area contributed by atoms with Gasteiger partial charge in [-0.1, -0.05) is 5.16 Å². The predicted molar refractivity (Wildman–Crippen MR) is 120 cm³/mol. The Kier molecular flexibility index (Phi) is 6.80. The smallest absolute Gasteiger partial charge is 0.433 e. The van der Waals surface area contributed by atoms with Gasteiger partial charge in [0.1, 0.15) is 17.7 Å². The number of hydrogen-bond donors (Lipinski definition) is 0. The summed E-state index contributed by atoms with van der Waals surface area (Å²) in [5, 5.41) is 3.74. The van der Waals surface area contributed by atoms with Gasteiger partial charge in [-0.3, -0.25) is 4.79 Å². The van der Waals surface area contributed by atoms with Crippen LogP contribution in [0.1, 0.15) is 45.7 Å². The topological polar surface area (TPSA) is 118 Å². The Bertz CT molecular complexity index is 1120. The number of anilines is 1. The monoisotopic (exact) mass is 511 g/mol. The van der Waals surface area contributed by atoms with E-state index in [1.165, 1.54) is 4.90 Å². The summed E-state index contributed by atoms with van der Waals surface area (Å²) in [7, 11) is 0. The molecule has 2 aromatic rings. The van der Waals surface area contributed by atoms with E-state index in [1.807, 2.05) is 6.92 Å². The van der Waals surface area contributed by atoms with Crippen LogP contribution < -0.4 is 4.90 Å². The van der Waals surface area contributed by atoms with Crippen LogP contribution in [0.25, 0.3) is 11.5 Å². The summed E-state index contributed by atoms with van der Waals surface area (Å²) in [5.74, 6) is -0.558. The van der Waals surface area contributed by atoms with E-state index in [1.54, 1.807) is 30.6 Å².